The molecule has 2 heterocycles. The number of amides is 1. The lowest BCUT2D eigenvalue weighted by Gasteiger charge is -2.18. The van der Waals surface area contributed by atoms with E-state index < -0.39 is 0 Å². The van der Waals surface area contributed by atoms with E-state index >= 15 is 0 Å². The largest absolute Gasteiger partial charge is 0.351 e. The minimum Gasteiger partial charge on any atom is -0.351 e. The van der Waals surface area contributed by atoms with Gasteiger partial charge in [0.15, 0.2) is 5.16 Å². The molecule has 2 aromatic carbocycles. The fourth-order valence-electron chi connectivity index (χ4n) is 3.38. The second kappa shape index (κ2) is 9.53. The molecule has 0 radical (unpaired) electrons. The molecule has 30 heavy (non-hydrogen) atoms. The summed E-state index contributed by atoms with van der Waals surface area (Å²) in [4.78, 5) is 14.6. The van der Waals surface area contributed by atoms with E-state index in [1.807, 2.05) is 24.3 Å². The molecule has 0 saturated carbocycles. The second-order valence-corrected chi connectivity index (χ2v) is 8.72. The van der Waals surface area contributed by atoms with Crippen molar-refractivity contribution in [3.8, 4) is 5.69 Å². The zero-order valence-electron chi connectivity index (χ0n) is 16.8. The maximum atomic E-state index is 12.4. The maximum absolute atomic E-state index is 12.4. The van der Waals surface area contributed by atoms with Gasteiger partial charge >= 0.3 is 0 Å². The van der Waals surface area contributed by atoms with Crippen molar-refractivity contribution in [2.24, 2.45) is 0 Å². The van der Waals surface area contributed by atoms with Crippen LogP contribution >= 0.6 is 23.4 Å². The predicted molar refractivity (Wildman–Crippen MR) is 122 cm³/mol. The minimum atomic E-state index is -0.0453. The van der Waals surface area contributed by atoms with Crippen LogP contribution < -0.4 is 10.2 Å². The van der Waals surface area contributed by atoms with Crippen molar-refractivity contribution >= 4 is 35.2 Å². The molecule has 156 valence electrons. The summed E-state index contributed by atoms with van der Waals surface area (Å²) in [5, 5.41) is 13.2. The Balaban J connectivity index is 1.46. The van der Waals surface area contributed by atoms with E-state index in [4.69, 9.17) is 11.6 Å². The molecule has 0 unspecified atom stereocenters. The van der Waals surface area contributed by atoms with Crippen LogP contribution in [0.15, 0.2) is 53.7 Å². The summed E-state index contributed by atoms with van der Waals surface area (Å²) in [6.07, 6.45) is 2.33. The number of nitrogens with one attached hydrogen (secondary N) is 1. The number of carbonyl (C=O) groups is 1. The van der Waals surface area contributed by atoms with Crippen LogP contribution in [-0.4, -0.2) is 39.5 Å². The molecule has 0 aliphatic carbocycles. The molecule has 8 heteroatoms. The minimum absolute atomic E-state index is 0.0453. The molecule has 0 atom stereocenters. The number of hydrogen-bond donors (Lipinski definition) is 1. The number of nitrogens with zero attached hydrogens (tertiary/aromatic N) is 4. The average molecular weight is 442 g/mol. The lowest BCUT2D eigenvalue weighted by molar-refractivity contribution is -0.118. The first-order valence-corrected chi connectivity index (χ1v) is 11.4. The zero-order chi connectivity index (χ0) is 20.9. The summed E-state index contributed by atoms with van der Waals surface area (Å²) in [6, 6.07) is 15.8. The highest BCUT2D eigenvalue weighted by molar-refractivity contribution is 7.99. The molecule has 3 aromatic rings. The van der Waals surface area contributed by atoms with Gasteiger partial charge in [0.2, 0.25) is 11.9 Å². The third kappa shape index (κ3) is 4.96. The van der Waals surface area contributed by atoms with E-state index in [1.54, 1.807) is 0 Å². The van der Waals surface area contributed by atoms with Gasteiger partial charge in [-0.15, -0.1) is 10.2 Å². The van der Waals surface area contributed by atoms with Crippen molar-refractivity contribution in [2.45, 2.75) is 31.5 Å². The molecule has 0 bridgehead atoms. The van der Waals surface area contributed by atoms with E-state index in [9.17, 15) is 4.79 Å². The molecular formula is C22H24ClN5OS. The summed E-state index contributed by atoms with van der Waals surface area (Å²) in [5.74, 6) is 1.08. The molecular weight excluding hydrogens is 418 g/mol. The fraction of sp³-hybridized carbons (Fsp3) is 0.318. The van der Waals surface area contributed by atoms with E-state index in [1.165, 1.54) is 17.3 Å². The van der Waals surface area contributed by atoms with Gasteiger partial charge in [0.05, 0.1) is 11.4 Å². The van der Waals surface area contributed by atoms with Gasteiger partial charge in [0.25, 0.3) is 0 Å². The lowest BCUT2D eigenvalue weighted by Crippen LogP contribution is -2.25. The number of carbonyl (C=O) groups excluding carboxylic acids is 1. The first-order chi connectivity index (χ1) is 14.6. The highest BCUT2D eigenvalue weighted by Gasteiger charge is 2.22. The summed E-state index contributed by atoms with van der Waals surface area (Å²) < 4.78 is 2.06. The van der Waals surface area contributed by atoms with Crippen LogP contribution in [0, 0.1) is 6.92 Å². The van der Waals surface area contributed by atoms with Crippen LogP contribution in [-0.2, 0) is 11.3 Å². The van der Waals surface area contributed by atoms with E-state index in [0.717, 1.165) is 48.3 Å². The summed E-state index contributed by atoms with van der Waals surface area (Å²) >= 11 is 7.31. The van der Waals surface area contributed by atoms with Crippen LogP contribution in [0.1, 0.15) is 24.0 Å². The van der Waals surface area contributed by atoms with Crippen LogP contribution in [0.2, 0.25) is 5.02 Å². The standard InChI is InChI=1S/C22H24ClN5OS/c1-16-4-10-19(11-5-16)28-21(27-12-2-3-13-27)25-26-22(28)30-15-20(29)24-14-17-6-8-18(23)9-7-17/h4-11H,2-3,12-15H2,1H3,(H,24,29). The molecule has 1 saturated heterocycles. The number of aryl methyl sites for hydroxylation is 1. The van der Waals surface area contributed by atoms with Crippen molar-refractivity contribution in [1.82, 2.24) is 20.1 Å². The maximum Gasteiger partial charge on any atom is 0.232 e. The fourth-order valence-corrected chi connectivity index (χ4v) is 4.28. The zero-order valence-corrected chi connectivity index (χ0v) is 18.4. The Labute approximate surface area is 185 Å². The van der Waals surface area contributed by atoms with Crippen molar-refractivity contribution < 1.29 is 4.79 Å². The molecule has 0 spiro atoms. The Morgan fingerprint density at radius 2 is 1.77 bits per heavy atom. The molecule has 4 rings (SSSR count). The third-order valence-corrected chi connectivity index (χ3v) is 6.21. The Hall–Kier alpha value is -2.51. The predicted octanol–water partition coefficient (Wildman–Crippen LogP) is 4.24. The number of thioether (sulfide) groups is 1. The normalized spacial score (nSPS) is 13.6. The monoisotopic (exact) mass is 441 g/mol. The number of hydrogen-bond acceptors (Lipinski definition) is 5. The number of aromatic nitrogens is 3. The molecule has 1 amide bonds. The third-order valence-electron chi connectivity index (χ3n) is 5.03. The van der Waals surface area contributed by atoms with Gasteiger partial charge in [-0.05, 0) is 49.6 Å². The van der Waals surface area contributed by atoms with Crippen molar-refractivity contribution in [3.63, 3.8) is 0 Å². The Kier molecular flexibility index (Phi) is 6.59. The molecule has 1 N–H and O–H groups in total. The van der Waals surface area contributed by atoms with Crippen molar-refractivity contribution in [1.29, 1.82) is 0 Å². The first-order valence-electron chi connectivity index (χ1n) is 10.0. The number of anilines is 1. The molecule has 1 aromatic heterocycles. The van der Waals surface area contributed by atoms with Gasteiger partial charge in [-0.25, -0.2) is 0 Å². The van der Waals surface area contributed by atoms with Crippen molar-refractivity contribution in [3.05, 3.63) is 64.7 Å². The van der Waals surface area contributed by atoms with Gasteiger partial charge in [-0.2, -0.15) is 0 Å². The highest BCUT2D eigenvalue weighted by atomic mass is 35.5. The molecule has 1 fully saturated rings. The highest BCUT2D eigenvalue weighted by Crippen LogP contribution is 2.28. The van der Waals surface area contributed by atoms with Gasteiger partial charge in [0.1, 0.15) is 0 Å². The Bertz CT molecular complexity index is 997. The molecule has 6 nitrogen and oxygen atoms in total. The van der Waals surface area contributed by atoms with Gasteiger partial charge in [-0.1, -0.05) is 53.2 Å². The summed E-state index contributed by atoms with van der Waals surface area (Å²) in [6.45, 7) is 4.50. The Morgan fingerprint density at radius 3 is 2.47 bits per heavy atom. The van der Waals surface area contributed by atoms with E-state index in [-0.39, 0.29) is 11.7 Å². The molecule has 1 aliphatic rings. The number of halogens is 1. The second-order valence-electron chi connectivity index (χ2n) is 7.34. The quantitative estimate of drug-likeness (QED) is 0.555. The topological polar surface area (TPSA) is 63.1 Å². The van der Waals surface area contributed by atoms with E-state index in [2.05, 4.69) is 56.2 Å². The molecule has 1 aliphatic heterocycles. The first kappa shape index (κ1) is 20.8. The van der Waals surface area contributed by atoms with Crippen LogP contribution in [0.5, 0.6) is 0 Å². The van der Waals surface area contributed by atoms with Crippen LogP contribution in [0.25, 0.3) is 5.69 Å². The number of benzene rings is 2. The van der Waals surface area contributed by atoms with E-state index in [0.29, 0.717) is 11.6 Å². The van der Waals surface area contributed by atoms with Gasteiger partial charge < -0.3 is 10.2 Å². The summed E-state index contributed by atoms with van der Waals surface area (Å²) in [7, 11) is 0. The van der Waals surface area contributed by atoms with Crippen molar-refractivity contribution in [2.75, 3.05) is 23.7 Å². The van der Waals surface area contributed by atoms with Crippen LogP contribution in [0.3, 0.4) is 0 Å². The van der Waals surface area contributed by atoms with Gasteiger partial charge in [0, 0.05) is 24.7 Å². The Morgan fingerprint density at radius 1 is 1.07 bits per heavy atom. The number of rotatable bonds is 7. The lowest BCUT2D eigenvalue weighted by atomic mass is 10.2. The van der Waals surface area contributed by atoms with Crippen LogP contribution in [0.4, 0.5) is 5.95 Å². The van der Waals surface area contributed by atoms with Gasteiger partial charge in [-0.3, -0.25) is 9.36 Å². The summed E-state index contributed by atoms with van der Waals surface area (Å²) in [5.41, 5.74) is 3.22. The SMILES string of the molecule is Cc1ccc(-n2c(SCC(=O)NCc3ccc(Cl)cc3)nnc2N2CCCC2)cc1. The smallest absolute Gasteiger partial charge is 0.232 e. The average Bonchev–Trinajstić information content (AvgIpc) is 3.42.